The van der Waals surface area contributed by atoms with Crippen LogP contribution in [0.25, 0.3) is 0 Å². The summed E-state index contributed by atoms with van der Waals surface area (Å²) in [5.41, 5.74) is 0. The van der Waals surface area contributed by atoms with Crippen LogP contribution in [0.5, 0.6) is 0 Å². The minimum atomic E-state index is 0.464. The Hall–Kier alpha value is -0.570. The Kier molecular flexibility index (Phi) is 2.54. The van der Waals surface area contributed by atoms with E-state index in [1.54, 1.807) is 0 Å². The lowest BCUT2D eigenvalue weighted by molar-refractivity contribution is 0.646. The number of alkyl halides is 1. The summed E-state index contributed by atoms with van der Waals surface area (Å²) < 4.78 is 2.13. The highest BCUT2D eigenvalue weighted by Gasteiger charge is 2.24. The van der Waals surface area contributed by atoms with E-state index in [0.29, 0.717) is 5.88 Å². The van der Waals surface area contributed by atoms with Gasteiger partial charge in [-0.05, 0) is 25.7 Å². The Morgan fingerprint density at radius 3 is 2.62 bits per heavy atom. The average Bonchev–Trinajstić information content (AvgIpc) is 2.85. The summed E-state index contributed by atoms with van der Waals surface area (Å²) in [6.07, 6.45) is 3.79. The Morgan fingerprint density at radius 2 is 2.08 bits per heavy atom. The molecule has 2 rings (SSSR count). The molecule has 3 nitrogen and oxygen atoms in total. The van der Waals surface area contributed by atoms with Gasteiger partial charge >= 0.3 is 0 Å². The molecule has 72 valence electrons. The molecule has 0 amide bonds. The van der Waals surface area contributed by atoms with Gasteiger partial charge in [0.1, 0.15) is 11.6 Å². The molecule has 1 aliphatic rings. The van der Waals surface area contributed by atoms with Crippen molar-refractivity contribution < 1.29 is 0 Å². The fourth-order valence-corrected chi connectivity index (χ4v) is 1.77. The van der Waals surface area contributed by atoms with Crippen LogP contribution in [0.3, 0.4) is 0 Å². The number of hydrogen-bond acceptors (Lipinski definition) is 2. The van der Waals surface area contributed by atoms with Gasteiger partial charge in [-0.3, -0.25) is 0 Å². The molecule has 0 atom stereocenters. The summed E-state index contributed by atoms with van der Waals surface area (Å²) in [5, 5.41) is 8.23. The normalized spacial score (nSPS) is 16.5. The van der Waals surface area contributed by atoms with Crippen LogP contribution >= 0.6 is 11.6 Å². The number of rotatable bonds is 4. The SMILES string of the molecule is CCn1c(CCl)nnc1CC1CC1. The van der Waals surface area contributed by atoms with Crippen LogP contribution in [0, 0.1) is 5.92 Å². The molecule has 0 saturated heterocycles. The predicted octanol–water partition coefficient (Wildman–Crippen LogP) is 1.99. The second-order valence-corrected chi connectivity index (χ2v) is 3.83. The molecule has 0 spiro atoms. The zero-order valence-electron chi connectivity index (χ0n) is 7.83. The molecule has 0 N–H and O–H groups in total. The van der Waals surface area contributed by atoms with E-state index >= 15 is 0 Å². The molecule has 1 fully saturated rings. The Morgan fingerprint density at radius 1 is 1.38 bits per heavy atom. The molecule has 1 aromatic rings. The Balaban J connectivity index is 2.17. The second-order valence-electron chi connectivity index (χ2n) is 3.56. The van der Waals surface area contributed by atoms with Crippen LogP contribution in [-0.4, -0.2) is 14.8 Å². The summed E-state index contributed by atoms with van der Waals surface area (Å²) in [7, 11) is 0. The van der Waals surface area contributed by atoms with E-state index in [1.807, 2.05) is 0 Å². The van der Waals surface area contributed by atoms with Gasteiger partial charge in [-0.1, -0.05) is 0 Å². The van der Waals surface area contributed by atoms with Gasteiger partial charge < -0.3 is 4.57 Å². The first-order chi connectivity index (χ1) is 6.35. The van der Waals surface area contributed by atoms with Crippen molar-refractivity contribution in [2.45, 2.75) is 38.6 Å². The third-order valence-electron chi connectivity index (χ3n) is 2.51. The second kappa shape index (κ2) is 3.66. The molecule has 1 heterocycles. The van der Waals surface area contributed by atoms with E-state index < -0.39 is 0 Å². The highest BCUT2D eigenvalue weighted by molar-refractivity contribution is 6.16. The van der Waals surface area contributed by atoms with Crippen molar-refractivity contribution in [3.05, 3.63) is 11.6 Å². The van der Waals surface area contributed by atoms with E-state index in [0.717, 1.165) is 30.5 Å². The van der Waals surface area contributed by atoms with Crippen molar-refractivity contribution in [1.29, 1.82) is 0 Å². The molecule has 0 aliphatic heterocycles. The summed E-state index contributed by atoms with van der Waals surface area (Å²) in [6.45, 7) is 3.03. The van der Waals surface area contributed by atoms with Gasteiger partial charge in [-0.25, -0.2) is 0 Å². The Labute approximate surface area is 83.1 Å². The number of hydrogen-bond donors (Lipinski definition) is 0. The molecule has 1 saturated carbocycles. The highest BCUT2D eigenvalue weighted by atomic mass is 35.5. The van der Waals surface area contributed by atoms with Crippen molar-refractivity contribution in [1.82, 2.24) is 14.8 Å². The first-order valence-corrected chi connectivity index (χ1v) is 5.35. The molecule has 0 unspecified atom stereocenters. The summed E-state index contributed by atoms with van der Waals surface area (Å²) in [6, 6.07) is 0. The Bertz CT molecular complexity index is 291. The zero-order valence-corrected chi connectivity index (χ0v) is 8.59. The monoisotopic (exact) mass is 199 g/mol. The largest absolute Gasteiger partial charge is 0.314 e. The van der Waals surface area contributed by atoms with Crippen LogP contribution in [-0.2, 0) is 18.8 Å². The van der Waals surface area contributed by atoms with Gasteiger partial charge in [0.2, 0.25) is 0 Å². The van der Waals surface area contributed by atoms with Crippen molar-refractivity contribution in [3.8, 4) is 0 Å². The van der Waals surface area contributed by atoms with Gasteiger partial charge in [0.05, 0.1) is 5.88 Å². The van der Waals surface area contributed by atoms with E-state index in [4.69, 9.17) is 11.6 Å². The summed E-state index contributed by atoms with van der Waals surface area (Å²) in [5.74, 6) is 3.34. The van der Waals surface area contributed by atoms with Gasteiger partial charge in [0.15, 0.2) is 0 Å². The number of aromatic nitrogens is 3. The fourth-order valence-electron chi connectivity index (χ4n) is 1.57. The first kappa shape index (κ1) is 9.00. The van der Waals surface area contributed by atoms with E-state index in [-0.39, 0.29) is 0 Å². The minimum absolute atomic E-state index is 0.464. The lowest BCUT2D eigenvalue weighted by atomic mass is 10.3. The van der Waals surface area contributed by atoms with Crippen molar-refractivity contribution in [2.75, 3.05) is 0 Å². The predicted molar refractivity (Wildman–Crippen MR) is 51.7 cm³/mol. The lowest BCUT2D eigenvalue weighted by Crippen LogP contribution is -2.05. The average molecular weight is 200 g/mol. The van der Waals surface area contributed by atoms with Crippen LogP contribution in [0.1, 0.15) is 31.4 Å². The molecular formula is C9H14ClN3. The maximum atomic E-state index is 5.75. The summed E-state index contributed by atoms with van der Waals surface area (Å²) in [4.78, 5) is 0. The van der Waals surface area contributed by atoms with Gasteiger partial charge in [0, 0.05) is 13.0 Å². The maximum Gasteiger partial charge on any atom is 0.147 e. The van der Waals surface area contributed by atoms with Crippen molar-refractivity contribution in [3.63, 3.8) is 0 Å². The highest BCUT2D eigenvalue weighted by Crippen LogP contribution is 2.32. The quantitative estimate of drug-likeness (QED) is 0.695. The molecule has 0 aromatic carbocycles. The molecule has 0 radical (unpaired) electrons. The van der Waals surface area contributed by atoms with Gasteiger partial charge in [-0.2, -0.15) is 0 Å². The standard InChI is InChI=1S/C9H14ClN3/c1-2-13-8(5-7-3-4-7)11-12-9(13)6-10/h7H,2-6H2,1H3. The summed E-state index contributed by atoms with van der Waals surface area (Å²) >= 11 is 5.75. The lowest BCUT2D eigenvalue weighted by Gasteiger charge is -2.04. The van der Waals surface area contributed by atoms with E-state index in [1.165, 1.54) is 12.8 Å². The van der Waals surface area contributed by atoms with Gasteiger partial charge in [-0.15, -0.1) is 21.8 Å². The van der Waals surface area contributed by atoms with E-state index in [9.17, 15) is 0 Å². The van der Waals surface area contributed by atoms with Crippen LogP contribution in [0.4, 0.5) is 0 Å². The maximum absolute atomic E-state index is 5.75. The number of nitrogens with zero attached hydrogens (tertiary/aromatic N) is 3. The van der Waals surface area contributed by atoms with Crippen LogP contribution in [0.2, 0.25) is 0 Å². The van der Waals surface area contributed by atoms with E-state index in [2.05, 4.69) is 21.7 Å². The fraction of sp³-hybridized carbons (Fsp3) is 0.778. The smallest absolute Gasteiger partial charge is 0.147 e. The third-order valence-corrected chi connectivity index (χ3v) is 2.75. The molecule has 1 aromatic heterocycles. The first-order valence-electron chi connectivity index (χ1n) is 4.82. The van der Waals surface area contributed by atoms with Crippen molar-refractivity contribution in [2.24, 2.45) is 5.92 Å². The van der Waals surface area contributed by atoms with Crippen LogP contribution in [0.15, 0.2) is 0 Å². The topological polar surface area (TPSA) is 30.7 Å². The van der Waals surface area contributed by atoms with Gasteiger partial charge in [0.25, 0.3) is 0 Å². The van der Waals surface area contributed by atoms with Crippen molar-refractivity contribution >= 4 is 11.6 Å². The molecular weight excluding hydrogens is 186 g/mol. The number of halogens is 1. The van der Waals surface area contributed by atoms with Crippen LogP contribution < -0.4 is 0 Å². The molecule has 13 heavy (non-hydrogen) atoms. The molecule has 1 aliphatic carbocycles. The molecule has 0 bridgehead atoms. The third kappa shape index (κ3) is 1.85. The molecule has 4 heteroatoms. The zero-order chi connectivity index (χ0) is 9.26. The minimum Gasteiger partial charge on any atom is -0.314 e.